The zero-order chi connectivity index (χ0) is 18.4. The van der Waals surface area contributed by atoms with Crippen LogP contribution in [0.2, 0.25) is 0 Å². The van der Waals surface area contributed by atoms with Gasteiger partial charge in [0.1, 0.15) is 17.5 Å². The minimum Gasteiger partial charge on any atom is -0.490 e. The van der Waals surface area contributed by atoms with Gasteiger partial charge in [-0.3, -0.25) is 9.88 Å². The topological polar surface area (TPSA) is 45.6 Å². The van der Waals surface area contributed by atoms with Crippen LogP contribution in [0, 0.1) is 11.8 Å². The molecule has 0 unspecified atom stereocenters. The number of likely N-dealkylation sites (tertiary alicyclic amines) is 1. The van der Waals surface area contributed by atoms with Crippen LogP contribution in [0.1, 0.15) is 43.0 Å². The summed E-state index contributed by atoms with van der Waals surface area (Å²) >= 11 is 0. The van der Waals surface area contributed by atoms with Crippen molar-refractivity contribution in [1.29, 1.82) is 0 Å². The summed E-state index contributed by atoms with van der Waals surface area (Å²) in [4.78, 5) is 7.06. The fraction of sp³-hybridized carbons (Fsp3) is 0.522. The first-order chi connectivity index (χ1) is 13.1. The lowest BCUT2D eigenvalue weighted by atomic mass is 9.64. The Bertz CT molecular complexity index is 808. The number of nitrogens with zero attached hydrogens (tertiary/aromatic N) is 2. The molecule has 2 aromatic rings. The van der Waals surface area contributed by atoms with Gasteiger partial charge in [-0.2, -0.15) is 0 Å². The number of ether oxygens (including phenoxy) is 1. The monoisotopic (exact) mass is 364 g/mol. The fourth-order valence-electron chi connectivity index (χ4n) is 5.52. The van der Waals surface area contributed by atoms with Crippen molar-refractivity contribution in [2.45, 2.75) is 50.9 Å². The van der Waals surface area contributed by atoms with E-state index in [2.05, 4.69) is 35.0 Å². The number of aromatic nitrogens is 1. The normalized spacial score (nSPS) is 32.7. The molecule has 2 bridgehead atoms. The maximum Gasteiger partial charge on any atom is 0.123 e. The van der Waals surface area contributed by atoms with Crippen molar-refractivity contribution in [1.82, 2.24) is 9.88 Å². The summed E-state index contributed by atoms with van der Waals surface area (Å²) in [6, 6.07) is 12.6. The number of rotatable bonds is 3. The second kappa shape index (κ2) is 6.61. The maximum absolute atomic E-state index is 11.7. The predicted octanol–water partition coefficient (Wildman–Crippen LogP) is 3.52. The molecule has 1 aliphatic carbocycles. The quantitative estimate of drug-likeness (QED) is 0.905. The van der Waals surface area contributed by atoms with E-state index in [0.29, 0.717) is 0 Å². The molecule has 2 fully saturated rings. The lowest BCUT2D eigenvalue weighted by molar-refractivity contribution is -0.151. The summed E-state index contributed by atoms with van der Waals surface area (Å²) < 4.78 is 5.84. The third-order valence-electron chi connectivity index (χ3n) is 6.75. The first-order valence-electron chi connectivity index (χ1n) is 10.3. The van der Waals surface area contributed by atoms with Crippen LogP contribution < -0.4 is 4.74 Å². The summed E-state index contributed by atoms with van der Waals surface area (Å²) in [5.74, 6) is 1.57. The van der Waals surface area contributed by atoms with Gasteiger partial charge in [0, 0.05) is 44.1 Å². The van der Waals surface area contributed by atoms with E-state index < -0.39 is 5.60 Å². The second-order valence-corrected chi connectivity index (χ2v) is 8.63. The number of piperidine rings is 1. The van der Waals surface area contributed by atoms with Crippen molar-refractivity contribution < 1.29 is 9.84 Å². The SMILES string of the molecule is C[C@@H]1Cc2cc(CN3C[C@@H]4CCC[C@@H](C3)C4(O)c3ccccn3)ccc2O1. The lowest BCUT2D eigenvalue weighted by Gasteiger charge is -2.52. The third kappa shape index (κ3) is 2.95. The van der Waals surface area contributed by atoms with Gasteiger partial charge in [-0.1, -0.05) is 24.6 Å². The minimum atomic E-state index is -0.767. The van der Waals surface area contributed by atoms with Gasteiger partial charge in [0.25, 0.3) is 0 Å². The molecule has 0 spiro atoms. The molecule has 3 atom stereocenters. The number of aliphatic hydroxyl groups is 1. The van der Waals surface area contributed by atoms with E-state index in [0.717, 1.165) is 50.3 Å². The summed E-state index contributed by atoms with van der Waals surface area (Å²) in [6.07, 6.45) is 6.48. The van der Waals surface area contributed by atoms with Crippen molar-refractivity contribution in [2.24, 2.45) is 11.8 Å². The highest BCUT2D eigenvalue weighted by atomic mass is 16.5. The summed E-state index contributed by atoms with van der Waals surface area (Å²) in [7, 11) is 0. The van der Waals surface area contributed by atoms with Gasteiger partial charge in [0.05, 0.1) is 5.69 Å². The molecule has 0 amide bonds. The predicted molar refractivity (Wildman–Crippen MR) is 104 cm³/mol. The zero-order valence-corrected chi connectivity index (χ0v) is 16.0. The standard InChI is InChI=1S/C23H28N2O2/c1-16-11-18-12-17(8-9-21(18)27-16)13-25-14-19-5-4-6-20(15-25)23(19,26)22-7-2-3-10-24-22/h2-3,7-10,12,16,19-20,26H,4-6,11,13-15H2,1H3/t16-,19+,20+/m1/s1. The van der Waals surface area contributed by atoms with Crippen LogP contribution in [0.5, 0.6) is 5.75 Å². The summed E-state index contributed by atoms with van der Waals surface area (Å²) in [5.41, 5.74) is 2.79. The Balaban J connectivity index is 1.36. The fourth-order valence-corrected chi connectivity index (χ4v) is 5.52. The van der Waals surface area contributed by atoms with Crippen molar-refractivity contribution in [3.63, 3.8) is 0 Å². The van der Waals surface area contributed by atoms with Crippen molar-refractivity contribution in [3.8, 4) is 5.75 Å². The van der Waals surface area contributed by atoms with Gasteiger partial charge in [0.15, 0.2) is 0 Å². The largest absolute Gasteiger partial charge is 0.490 e. The van der Waals surface area contributed by atoms with Crippen LogP contribution in [0.25, 0.3) is 0 Å². The molecule has 1 saturated carbocycles. The van der Waals surface area contributed by atoms with Gasteiger partial charge < -0.3 is 9.84 Å². The molecular formula is C23H28N2O2. The molecule has 4 nitrogen and oxygen atoms in total. The first-order valence-corrected chi connectivity index (χ1v) is 10.3. The Morgan fingerprint density at radius 2 is 2.00 bits per heavy atom. The highest BCUT2D eigenvalue weighted by Gasteiger charge is 2.52. The van der Waals surface area contributed by atoms with Crippen LogP contribution in [0.4, 0.5) is 0 Å². The maximum atomic E-state index is 11.7. The lowest BCUT2D eigenvalue weighted by Crippen LogP contribution is -2.58. The van der Waals surface area contributed by atoms with Crippen LogP contribution >= 0.6 is 0 Å². The molecule has 1 N–H and O–H groups in total. The molecule has 4 heteroatoms. The van der Waals surface area contributed by atoms with Gasteiger partial charge in [-0.25, -0.2) is 0 Å². The molecule has 5 rings (SSSR count). The highest BCUT2D eigenvalue weighted by molar-refractivity contribution is 5.40. The molecule has 1 saturated heterocycles. The molecular weight excluding hydrogens is 336 g/mol. The third-order valence-corrected chi connectivity index (χ3v) is 6.75. The van der Waals surface area contributed by atoms with E-state index in [1.165, 1.54) is 17.5 Å². The van der Waals surface area contributed by atoms with Gasteiger partial charge in [-0.05, 0) is 49.1 Å². The van der Waals surface area contributed by atoms with Crippen molar-refractivity contribution >= 4 is 0 Å². The molecule has 1 aromatic carbocycles. The first kappa shape index (κ1) is 17.2. The Labute approximate surface area is 161 Å². The van der Waals surface area contributed by atoms with Crippen LogP contribution in [-0.4, -0.2) is 34.2 Å². The summed E-state index contributed by atoms with van der Waals surface area (Å²) in [6.45, 7) is 4.96. The van der Waals surface area contributed by atoms with Gasteiger partial charge in [-0.15, -0.1) is 0 Å². The van der Waals surface area contributed by atoms with E-state index in [9.17, 15) is 5.11 Å². The molecule has 27 heavy (non-hydrogen) atoms. The van der Waals surface area contributed by atoms with E-state index >= 15 is 0 Å². The molecule has 3 aliphatic rings. The van der Waals surface area contributed by atoms with Crippen LogP contribution in [-0.2, 0) is 18.6 Å². The highest BCUT2D eigenvalue weighted by Crippen LogP contribution is 2.48. The Kier molecular flexibility index (Phi) is 4.21. The molecule has 3 heterocycles. The van der Waals surface area contributed by atoms with Crippen molar-refractivity contribution in [3.05, 3.63) is 59.4 Å². The van der Waals surface area contributed by atoms with E-state index in [-0.39, 0.29) is 17.9 Å². The average molecular weight is 364 g/mol. The molecule has 1 aromatic heterocycles. The van der Waals surface area contributed by atoms with Crippen LogP contribution in [0.3, 0.4) is 0 Å². The Hall–Kier alpha value is -1.91. The van der Waals surface area contributed by atoms with Crippen LogP contribution in [0.15, 0.2) is 42.6 Å². The number of hydrogen-bond acceptors (Lipinski definition) is 4. The number of hydrogen-bond donors (Lipinski definition) is 1. The van der Waals surface area contributed by atoms with E-state index in [1.807, 2.05) is 24.4 Å². The van der Waals surface area contributed by atoms with Crippen molar-refractivity contribution in [2.75, 3.05) is 13.1 Å². The number of fused-ring (bicyclic) bond motifs is 3. The Morgan fingerprint density at radius 1 is 1.19 bits per heavy atom. The number of benzene rings is 1. The summed E-state index contributed by atoms with van der Waals surface area (Å²) in [5, 5.41) is 11.7. The van der Waals surface area contributed by atoms with E-state index in [1.54, 1.807) is 0 Å². The molecule has 142 valence electrons. The molecule has 2 aliphatic heterocycles. The average Bonchev–Trinajstić information content (AvgIpc) is 3.03. The smallest absolute Gasteiger partial charge is 0.123 e. The zero-order valence-electron chi connectivity index (χ0n) is 16.0. The van der Waals surface area contributed by atoms with Gasteiger partial charge >= 0.3 is 0 Å². The van der Waals surface area contributed by atoms with E-state index in [4.69, 9.17) is 4.74 Å². The molecule has 0 radical (unpaired) electrons. The second-order valence-electron chi connectivity index (χ2n) is 8.63. The van der Waals surface area contributed by atoms with Gasteiger partial charge in [0.2, 0.25) is 0 Å². The number of pyridine rings is 1. The Morgan fingerprint density at radius 3 is 2.74 bits per heavy atom. The minimum absolute atomic E-state index is 0.262.